The number of ether oxygens (including phenoxy) is 1. The number of hydrogen-bond acceptors (Lipinski definition) is 4. The van der Waals surface area contributed by atoms with Gasteiger partial charge in [-0.15, -0.1) is 0 Å². The molecule has 0 spiro atoms. The molecule has 17 heavy (non-hydrogen) atoms. The zero-order chi connectivity index (χ0) is 12.8. The van der Waals surface area contributed by atoms with Crippen molar-refractivity contribution in [2.75, 3.05) is 0 Å². The van der Waals surface area contributed by atoms with Crippen molar-refractivity contribution in [3.63, 3.8) is 0 Å². The number of hydrogen-bond donors (Lipinski definition) is 1. The van der Waals surface area contributed by atoms with E-state index in [4.69, 9.17) is 9.94 Å². The summed E-state index contributed by atoms with van der Waals surface area (Å²) in [6, 6.07) is 0.0928. The van der Waals surface area contributed by atoms with Crippen LogP contribution in [0.5, 0.6) is 0 Å². The van der Waals surface area contributed by atoms with E-state index in [1.165, 1.54) is 0 Å². The lowest BCUT2D eigenvalue weighted by atomic mass is 10.00. The van der Waals surface area contributed by atoms with Gasteiger partial charge in [0.15, 0.2) is 0 Å². The maximum atomic E-state index is 12.1. The van der Waals surface area contributed by atoms with Gasteiger partial charge in [0.1, 0.15) is 5.60 Å². The molecule has 5 heteroatoms. The molecule has 1 N–H and O–H groups in total. The quantitative estimate of drug-likeness (QED) is 0.521. The second-order valence-electron chi connectivity index (χ2n) is 5.94. The van der Waals surface area contributed by atoms with Crippen LogP contribution in [-0.2, 0) is 4.74 Å². The van der Waals surface area contributed by atoms with Crippen LogP contribution < -0.4 is 0 Å². The highest BCUT2D eigenvalue weighted by molar-refractivity contribution is 5.95. The van der Waals surface area contributed by atoms with Gasteiger partial charge in [0.25, 0.3) is 0 Å². The molecule has 0 radical (unpaired) electrons. The number of carbonyl (C=O) groups is 1. The second-order valence-corrected chi connectivity index (χ2v) is 5.94. The molecule has 2 rings (SSSR count). The van der Waals surface area contributed by atoms with Crippen LogP contribution in [0.4, 0.5) is 4.79 Å². The molecule has 1 heterocycles. The molecule has 96 valence electrons. The first kappa shape index (κ1) is 12.2. The van der Waals surface area contributed by atoms with Crippen molar-refractivity contribution < 1.29 is 14.7 Å². The van der Waals surface area contributed by atoms with Gasteiger partial charge in [0, 0.05) is 6.04 Å². The summed E-state index contributed by atoms with van der Waals surface area (Å²) in [6.45, 7) is 7.59. The van der Waals surface area contributed by atoms with Crippen LogP contribution in [0.15, 0.2) is 5.16 Å². The van der Waals surface area contributed by atoms with E-state index in [0.717, 1.165) is 12.8 Å². The van der Waals surface area contributed by atoms with E-state index in [-0.39, 0.29) is 18.2 Å². The molecule has 2 aliphatic rings. The number of amides is 1. The van der Waals surface area contributed by atoms with Crippen LogP contribution in [-0.4, -0.2) is 39.6 Å². The summed E-state index contributed by atoms with van der Waals surface area (Å²) < 4.78 is 5.39. The Hall–Kier alpha value is -1.26. The Kier molecular flexibility index (Phi) is 2.79. The Labute approximate surface area is 101 Å². The molecule has 1 amide bonds. The zero-order valence-electron chi connectivity index (χ0n) is 10.8. The van der Waals surface area contributed by atoms with Crippen LogP contribution in [0.1, 0.15) is 40.5 Å². The topological polar surface area (TPSA) is 62.1 Å². The van der Waals surface area contributed by atoms with Crippen molar-refractivity contribution in [3.05, 3.63) is 0 Å². The van der Waals surface area contributed by atoms with E-state index in [2.05, 4.69) is 5.16 Å². The molecular weight excluding hydrogens is 220 g/mol. The first-order valence-corrected chi connectivity index (χ1v) is 6.05. The summed E-state index contributed by atoms with van der Waals surface area (Å²) >= 11 is 0. The fraction of sp³-hybridized carbons (Fsp3) is 0.833. The van der Waals surface area contributed by atoms with Crippen LogP contribution in [0.25, 0.3) is 0 Å². The normalized spacial score (nSPS) is 34.5. The Morgan fingerprint density at radius 2 is 2.18 bits per heavy atom. The largest absolute Gasteiger partial charge is 0.444 e. The molecule has 2 bridgehead atoms. The Balaban J connectivity index is 2.13. The first-order valence-electron chi connectivity index (χ1n) is 6.05. The van der Waals surface area contributed by atoms with E-state index in [1.54, 1.807) is 4.90 Å². The van der Waals surface area contributed by atoms with Gasteiger partial charge in [-0.2, -0.15) is 0 Å². The first-order chi connectivity index (χ1) is 7.83. The van der Waals surface area contributed by atoms with Gasteiger partial charge < -0.3 is 9.94 Å². The SMILES string of the molecule is CC1C2CC(=NO)C(C2)N1C(=O)OC(C)(C)C. The number of likely N-dealkylation sites (tertiary alicyclic amines) is 1. The number of nitrogens with zero attached hydrogens (tertiary/aromatic N) is 2. The van der Waals surface area contributed by atoms with Gasteiger partial charge in [0.05, 0.1) is 11.8 Å². The summed E-state index contributed by atoms with van der Waals surface area (Å²) in [5.74, 6) is 0.401. The minimum absolute atomic E-state index is 0.0742. The summed E-state index contributed by atoms with van der Waals surface area (Å²) in [5, 5.41) is 12.2. The fourth-order valence-corrected chi connectivity index (χ4v) is 2.78. The molecule has 0 aromatic heterocycles. The van der Waals surface area contributed by atoms with Crippen LogP contribution in [0.2, 0.25) is 0 Å². The Morgan fingerprint density at radius 3 is 2.65 bits per heavy atom. The lowest BCUT2D eigenvalue weighted by molar-refractivity contribution is 0.0173. The van der Waals surface area contributed by atoms with E-state index in [0.29, 0.717) is 11.6 Å². The van der Waals surface area contributed by atoms with Crippen molar-refractivity contribution >= 4 is 11.8 Å². The zero-order valence-corrected chi connectivity index (χ0v) is 10.8. The Morgan fingerprint density at radius 1 is 1.53 bits per heavy atom. The van der Waals surface area contributed by atoms with Crippen LogP contribution in [0, 0.1) is 5.92 Å². The van der Waals surface area contributed by atoms with Crippen LogP contribution in [0.3, 0.4) is 0 Å². The highest BCUT2D eigenvalue weighted by atomic mass is 16.6. The Bertz CT molecular complexity index is 359. The third-order valence-corrected chi connectivity index (χ3v) is 3.57. The van der Waals surface area contributed by atoms with E-state index >= 15 is 0 Å². The van der Waals surface area contributed by atoms with Gasteiger partial charge >= 0.3 is 6.09 Å². The molecule has 5 nitrogen and oxygen atoms in total. The van der Waals surface area contributed by atoms with Crippen molar-refractivity contribution in [1.29, 1.82) is 0 Å². The standard InChI is InChI=1S/C12H20N2O3/c1-7-8-5-9(13-16)10(6-8)14(7)11(15)17-12(2,3)4/h7-8,10,16H,5-6H2,1-4H3. The number of oxime groups is 1. The summed E-state index contributed by atoms with van der Waals surface area (Å²) in [4.78, 5) is 13.8. The maximum Gasteiger partial charge on any atom is 0.411 e. The third kappa shape index (κ3) is 2.10. The van der Waals surface area contributed by atoms with Crippen LogP contribution >= 0.6 is 0 Å². The molecule has 3 unspecified atom stereocenters. The summed E-state index contributed by atoms with van der Waals surface area (Å²) in [7, 11) is 0. The van der Waals surface area contributed by atoms with Crippen molar-refractivity contribution in [2.45, 2.75) is 58.2 Å². The molecule has 0 aromatic carbocycles. The maximum absolute atomic E-state index is 12.1. The van der Waals surface area contributed by atoms with Crippen molar-refractivity contribution in [1.82, 2.24) is 4.90 Å². The predicted molar refractivity (Wildman–Crippen MR) is 63.3 cm³/mol. The average Bonchev–Trinajstić information content (AvgIpc) is 2.71. The number of fused-ring (bicyclic) bond motifs is 2. The summed E-state index contributed by atoms with van der Waals surface area (Å²) in [5.41, 5.74) is 0.216. The number of piperidine rings is 1. The van der Waals surface area contributed by atoms with E-state index in [1.807, 2.05) is 27.7 Å². The van der Waals surface area contributed by atoms with Crippen molar-refractivity contribution in [3.8, 4) is 0 Å². The fourth-order valence-electron chi connectivity index (χ4n) is 2.78. The van der Waals surface area contributed by atoms with E-state index in [9.17, 15) is 4.79 Å². The highest BCUT2D eigenvalue weighted by Gasteiger charge is 2.51. The van der Waals surface area contributed by atoms with Gasteiger partial charge in [-0.1, -0.05) is 5.16 Å². The minimum atomic E-state index is -0.491. The summed E-state index contributed by atoms with van der Waals surface area (Å²) in [6.07, 6.45) is 1.37. The highest BCUT2D eigenvalue weighted by Crippen LogP contribution is 2.41. The van der Waals surface area contributed by atoms with Crippen molar-refractivity contribution in [2.24, 2.45) is 11.1 Å². The van der Waals surface area contributed by atoms with Gasteiger partial charge in [-0.3, -0.25) is 4.90 Å². The predicted octanol–water partition coefficient (Wildman–Crippen LogP) is 2.23. The lowest BCUT2D eigenvalue weighted by Gasteiger charge is -2.34. The minimum Gasteiger partial charge on any atom is -0.444 e. The molecule has 1 saturated heterocycles. The molecule has 1 aliphatic carbocycles. The number of rotatable bonds is 0. The van der Waals surface area contributed by atoms with E-state index < -0.39 is 5.60 Å². The van der Waals surface area contributed by atoms with Gasteiger partial charge in [0.2, 0.25) is 0 Å². The molecule has 0 aromatic rings. The van der Waals surface area contributed by atoms with Gasteiger partial charge in [-0.25, -0.2) is 4.79 Å². The average molecular weight is 240 g/mol. The molecule has 1 saturated carbocycles. The third-order valence-electron chi connectivity index (χ3n) is 3.57. The number of carbonyl (C=O) groups excluding carboxylic acids is 1. The monoisotopic (exact) mass is 240 g/mol. The van der Waals surface area contributed by atoms with Gasteiger partial charge in [-0.05, 0) is 46.5 Å². The molecule has 2 fully saturated rings. The molecule has 3 atom stereocenters. The second kappa shape index (κ2) is 3.89. The lowest BCUT2D eigenvalue weighted by Crippen LogP contribution is -2.49. The smallest absolute Gasteiger partial charge is 0.411 e. The molecule has 1 aliphatic heterocycles. The molecular formula is C12H20N2O3.